The lowest BCUT2D eigenvalue weighted by Gasteiger charge is -2.14. The van der Waals surface area contributed by atoms with E-state index in [0.29, 0.717) is 0 Å². The van der Waals surface area contributed by atoms with E-state index in [2.05, 4.69) is 6.92 Å². The quantitative estimate of drug-likeness (QED) is 0.478. The van der Waals surface area contributed by atoms with E-state index in [-0.39, 0.29) is 11.9 Å². The fraction of sp³-hybridized carbons (Fsp3) is 0.700. The highest BCUT2D eigenvalue weighted by molar-refractivity contribution is 5.75. The number of methoxy groups -OCH3 is 1. The van der Waals surface area contributed by atoms with Gasteiger partial charge < -0.3 is 4.74 Å². The molecule has 0 bridgehead atoms. The van der Waals surface area contributed by atoms with Crippen LogP contribution in [0, 0.1) is 5.92 Å². The summed E-state index contributed by atoms with van der Waals surface area (Å²) in [6, 6.07) is 0. The Kier molecular flexibility index (Phi) is 5.43. The molecule has 0 amide bonds. The Morgan fingerprint density at radius 1 is 1.50 bits per heavy atom. The van der Waals surface area contributed by atoms with E-state index in [9.17, 15) is 4.79 Å². The molecule has 2 nitrogen and oxygen atoms in total. The predicted molar refractivity (Wildman–Crippen MR) is 49.8 cm³/mol. The van der Waals surface area contributed by atoms with E-state index in [1.165, 1.54) is 12.7 Å². The average molecular weight is 170 g/mol. The minimum Gasteiger partial charge on any atom is -0.469 e. The summed E-state index contributed by atoms with van der Waals surface area (Å²) in [5.74, 6) is -0.155. The van der Waals surface area contributed by atoms with E-state index < -0.39 is 0 Å². The predicted octanol–water partition coefficient (Wildman–Crippen LogP) is 2.54. The van der Waals surface area contributed by atoms with Crippen molar-refractivity contribution in [2.45, 2.75) is 33.6 Å². The molecule has 0 aromatic rings. The van der Waals surface area contributed by atoms with Crippen LogP contribution in [-0.4, -0.2) is 13.1 Å². The first-order valence-corrected chi connectivity index (χ1v) is 4.44. The molecule has 0 spiro atoms. The van der Waals surface area contributed by atoms with Gasteiger partial charge in [-0.15, -0.1) is 0 Å². The minimum absolute atomic E-state index is 0.0370. The van der Waals surface area contributed by atoms with E-state index in [0.717, 1.165) is 12.8 Å². The Labute approximate surface area is 74.6 Å². The van der Waals surface area contributed by atoms with Crippen molar-refractivity contribution < 1.29 is 9.53 Å². The fourth-order valence-corrected chi connectivity index (χ4v) is 1.37. The van der Waals surface area contributed by atoms with Gasteiger partial charge in [0.2, 0.25) is 0 Å². The molecule has 1 unspecified atom stereocenters. The standard InChI is InChI=1S/C10H18O2/c1-5-8(6-2)9(7-3)10(11)12-4/h5,9H,6-7H2,1-4H3/b8-5-. The molecule has 0 aromatic heterocycles. The van der Waals surface area contributed by atoms with Crippen LogP contribution in [0.1, 0.15) is 33.6 Å². The highest BCUT2D eigenvalue weighted by Crippen LogP contribution is 2.19. The Morgan fingerprint density at radius 3 is 2.33 bits per heavy atom. The molecular weight excluding hydrogens is 152 g/mol. The monoisotopic (exact) mass is 170 g/mol. The minimum atomic E-state index is -0.118. The molecule has 0 fully saturated rings. The normalized spacial score (nSPS) is 14.2. The first-order chi connectivity index (χ1) is 5.71. The van der Waals surface area contributed by atoms with Gasteiger partial charge in [0.15, 0.2) is 0 Å². The van der Waals surface area contributed by atoms with Gasteiger partial charge in [-0.05, 0) is 19.8 Å². The fourth-order valence-electron chi connectivity index (χ4n) is 1.37. The third-order valence-electron chi connectivity index (χ3n) is 2.12. The molecular formula is C10H18O2. The molecule has 12 heavy (non-hydrogen) atoms. The molecule has 0 N–H and O–H groups in total. The van der Waals surface area contributed by atoms with Gasteiger partial charge in [-0.1, -0.05) is 25.5 Å². The van der Waals surface area contributed by atoms with Gasteiger partial charge in [-0.25, -0.2) is 0 Å². The first-order valence-electron chi connectivity index (χ1n) is 4.44. The van der Waals surface area contributed by atoms with Crippen LogP contribution in [0.25, 0.3) is 0 Å². The van der Waals surface area contributed by atoms with Crippen molar-refractivity contribution in [1.82, 2.24) is 0 Å². The summed E-state index contributed by atoms with van der Waals surface area (Å²) < 4.78 is 4.71. The molecule has 1 atom stereocenters. The summed E-state index contributed by atoms with van der Waals surface area (Å²) in [5, 5.41) is 0. The van der Waals surface area contributed by atoms with Crippen LogP contribution in [0.15, 0.2) is 11.6 Å². The van der Waals surface area contributed by atoms with Gasteiger partial charge in [0.05, 0.1) is 13.0 Å². The highest BCUT2D eigenvalue weighted by Gasteiger charge is 2.19. The first kappa shape index (κ1) is 11.2. The van der Waals surface area contributed by atoms with Crippen molar-refractivity contribution in [3.8, 4) is 0 Å². The topological polar surface area (TPSA) is 26.3 Å². The highest BCUT2D eigenvalue weighted by atomic mass is 16.5. The number of allylic oxidation sites excluding steroid dienone is 1. The summed E-state index contributed by atoms with van der Waals surface area (Å²) in [4.78, 5) is 11.2. The number of ether oxygens (including phenoxy) is 1. The van der Waals surface area contributed by atoms with Crippen LogP contribution < -0.4 is 0 Å². The van der Waals surface area contributed by atoms with Crippen molar-refractivity contribution in [2.75, 3.05) is 7.11 Å². The zero-order valence-corrected chi connectivity index (χ0v) is 8.39. The number of carbonyl (C=O) groups is 1. The third-order valence-corrected chi connectivity index (χ3v) is 2.12. The molecule has 70 valence electrons. The van der Waals surface area contributed by atoms with E-state index in [1.54, 1.807) is 0 Å². The Balaban J connectivity index is 4.42. The Hall–Kier alpha value is -0.790. The van der Waals surface area contributed by atoms with Crippen LogP contribution in [0.4, 0.5) is 0 Å². The number of esters is 1. The molecule has 0 aliphatic carbocycles. The molecule has 2 heteroatoms. The van der Waals surface area contributed by atoms with Crippen LogP contribution in [0.2, 0.25) is 0 Å². The molecule has 0 saturated carbocycles. The Bertz CT molecular complexity index is 171. The van der Waals surface area contributed by atoms with E-state index in [4.69, 9.17) is 4.74 Å². The van der Waals surface area contributed by atoms with Crippen molar-refractivity contribution in [3.05, 3.63) is 11.6 Å². The second-order valence-electron chi connectivity index (χ2n) is 2.70. The summed E-state index contributed by atoms with van der Waals surface area (Å²) >= 11 is 0. The van der Waals surface area contributed by atoms with Gasteiger partial charge in [-0.2, -0.15) is 0 Å². The number of rotatable bonds is 4. The second-order valence-corrected chi connectivity index (χ2v) is 2.70. The smallest absolute Gasteiger partial charge is 0.312 e. The molecule has 0 aromatic carbocycles. The maximum atomic E-state index is 11.2. The van der Waals surface area contributed by atoms with Crippen LogP contribution >= 0.6 is 0 Å². The van der Waals surface area contributed by atoms with Crippen molar-refractivity contribution in [1.29, 1.82) is 0 Å². The molecule has 0 aliphatic rings. The molecule has 0 radical (unpaired) electrons. The number of carbonyl (C=O) groups excluding carboxylic acids is 1. The largest absolute Gasteiger partial charge is 0.469 e. The van der Waals surface area contributed by atoms with Gasteiger partial charge in [0.1, 0.15) is 0 Å². The van der Waals surface area contributed by atoms with Crippen molar-refractivity contribution >= 4 is 5.97 Å². The summed E-state index contributed by atoms with van der Waals surface area (Å²) in [5.41, 5.74) is 1.17. The van der Waals surface area contributed by atoms with Crippen molar-refractivity contribution in [2.24, 2.45) is 5.92 Å². The summed E-state index contributed by atoms with van der Waals surface area (Å²) in [6.07, 6.45) is 3.75. The van der Waals surface area contributed by atoms with Gasteiger partial charge in [0, 0.05) is 0 Å². The summed E-state index contributed by atoms with van der Waals surface area (Å²) in [6.45, 7) is 6.02. The average Bonchev–Trinajstić information content (AvgIpc) is 2.12. The van der Waals surface area contributed by atoms with E-state index in [1.807, 2.05) is 19.9 Å². The van der Waals surface area contributed by atoms with Crippen molar-refractivity contribution in [3.63, 3.8) is 0 Å². The molecule has 0 aliphatic heterocycles. The Morgan fingerprint density at radius 2 is 2.08 bits per heavy atom. The number of hydrogen-bond acceptors (Lipinski definition) is 2. The molecule has 0 saturated heterocycles. The van der Waals surface area contributed by atoms with Crippen LogP contribution in [0.5, 0.6) is 0 Å². The van der Waals surface area contributed by atoms with Gasteiger partial charge in [0.25, 0.3) is 0 Å². The third kappa shape index (κ3) is 2.68. The SMILES string of the molecule is C/C=C(/CC)C(CC)C(=O)OC. The van der Waals surface area contributed by atoms with E-state index >= 15 is 0 Å². The van der Waals surface area contributed by atoms with Crippen LogP contribution in [-0.2, 0) is 9.53 Å². The maximum Gasteiger partial charge on any atom is 0.312 e. The lowest BCUT2D eigenvalue weighted by atomic mass is 9.94. The molecule has 0 rings (SSSR count). The van der Waals surface area contributed by atoms with Gasteiger partial charge in [-0.3, -0.25) is 4.79 Å². The zero-order chi connectivity index (χ0) is 9.56. The summed E-state index contributed by atoms with van der Waals surface area (Å²) in [7, 11) is 1.44. The lowest BCUT2D eigenvalue weighted by Crippen LogP contribution is -2.17. The maximum absolute atomic E-state index is 11.2. The van der Waals surface area contributed by atoms with Gasteiger partial charge >= 0.3 is 5.97 Å². The lowest BCUT2D eigenvalue weighted by molar-refractivity contribution is -0.144. The molecule has 0 heterocycles. The van der Waals surface area contributed by atoms with Crippen LogP contribution in [0.3, 0.4) is 0 Å². The zero-order valence-electron chi connectivity index (χ0n) is 8.39. The number of hydrogen-bond donors (Lipinski definition) is 0. The second kappa shape index (κ2) is 5.81.